The molecular weight excluding hydrogens is 360 g/mol. The van der Waals surface area contributed by atoms with Gasteiger partial charge in [-0.15, -0.1) is 11.3 Å². The Balaban J connectivity index is 1.93. The van der Waals surface area contributed by atoms with Crippen LogP contribution in [-0.2, 0) is 10.0 Å². The molecule has 0 atom stereocenters. The Hall–Kier alpha value is -2.56. The number of nitrogens with zero attached hydrogens (tertiary/aromatic N) is 4. The molecule has 3 rings (SSSR count). The molecule has 2 aromatic heterocycles. The second-order valence-electron chi connectivity index (χ2n) is 5.38. The molecule has 2 heterocycles. The van der Waals surface area contributed by atoms with E-state index >= 15 is 0 Å². The minimum Gasteiger partial charge on any atom is -0.383 e. The Morgan fingerprint density at radius 3 is 2.36 bits per heavy atom. The second kappa shape index (κ2) is 6.39. The molecule has 0 fully saturated rings. The molecule has 0 radical (unpaired) electrons. The van der Waals surface area contributed by atoms with Crippen LogP contribution in [-0.4, -0.2) is 41.8 Å². The topological polar surface area (TPSA) is 128 Å². The van der Waals surface area contributed by atoms with Crippen LogP contribution in [0.2, 0.25) is 0 Å². The van der Waals surface area contributed by atoms with Crippen LogP contribution in [0.5, 0.6) is 0 Å². The van der Waals surface area contributed by atoms with Crippen LogP contribution in [0.4, 0.5) is 11.8 Å². The number of benzene rings is 1. The van der Waals surface area contributed by atoms with Gasteiger partial charge in [0.2, 0.25) is 16.0 Å². The van der Waals surface area contributed by atoms with Crippen molar-refractivity contribution < 1.29 is 8.42 Å². The maximum atomic E-state index is 12.1. The monoisotopic (exact) mass is 376 g/mol. The molecule has 0 unspecified atom stereocenters. The first kappa shape index (κ1) is 17.3. The zero-order valence-electron chi connectivity index (χ0n) is 13.5. The largest absolute Gasteiger partial charge is 0.383 e. The molecule has 0 amide bonds. The van der Waals surface area contributed by atoms with E-state index in [1.807, 2.05) is 5.38 Å². The highest BCUT2D eigenvalue weighted by Crippen LogP contribution is 2.31. The van der Waals surface area contributed by atoms with E-state index in [-0.39, 0.29) is 16.7 Å². The first-order valence-electron chi connectivity index (χ1n) is 7.16. The van der Waals surface area contributed by atoms with Gasteiger partial charge in [0.05, 0.1) is 16.2 Å². The summed E-state index contributed by atoms with van der Waals surface area (Å²) in [6.07, 6.45) is 1.53. The number of nitrogens with two attached hydrogens (primary N) is 2. The number of hydrogen-bond acceptors (Lipinski definition) is 8. The van der Waals surface area contributed by atoms with Gasteiger partial charge in [-0.25, -0.2) is 22.7 Å². The fraction of sp³-hybridized carbons (Fsp3) is 0.133. The van der Waals surface area contributed by atoms with Gasteiger partial charge in [-0.2, -0.15) is 4.98 Å². The summed E-state index contributed by atoms with van der Waals surface area (Å²) >= 11 is 1.39. The van der Waals surface area contributed by atoms with Crippen molar-refractivity contribution in [2.45, 2.75) is 4.90 Å². The molecule has 3 aromatic rings. The van der Waals surface area contributed by atoms with E-state index in [1.165, 1.54) is 35.9 Å². The van der Waals surface area contributed by atoms with Crippen molar-refractivity contribution in [3.63, 3.8) is 0 Å². The van der Waals surface area contributed by atoms with Crippen LogP contribution in [0, 0.1) is 0 Å². The standard InChI is InChI=1S/C15H16N6O2S2/c1-21(2)25(22,23)10-5-3-9(4-6-10)12-8-24-14(19-12)11-7-18-15(17)20-13(11)16/h3-8H,1-2H3,(H4,16,17,18,20). The van der Waals surface area contributed by atoms with Crippen molar-refractivity contribution in [3.05, 3.63) is 35.8 Å². The molecule has 0 aliphatic rings. The third-order valence-corrected chi connectivity index (χ3v) is 6.21. The van der Waals surface area contributed by atoms with E-state index in [0.717, 1.165) is 5.56 Å². The fourth-order valence-electron chi connectivity index (χ4n) is 2.11. The van der Waals surface area contributed by atoms with Gasteiger partial charge < -0.3 is 11.5 Å². The van der Waals surface area contributed by atoms with Crippen LogP contribution >= 0.6 is 11.3 Å². The highest BCUT2D eigenvalue weighted by molar-refractivity contribution is 7.89. The van der Waals surface area contributed by atoms with E-state index in [0.29, 0.717) is 16.3 Å². The van der Waals surface area contributed by atoms with Crippen LogP contribution in [0.1, 0.15) is 0 Å². The number of nitrogen functional groups attached to an aromatic ring is 2. The molecule has 1 aromatic carbocycles. The van der Waals surface area contributed by atoms with Crippen molar-refractivity contribution in [1.29, 1.82) is 0 Å². The number of sulfonamides is 1. The lowest BCUT2D eigenvalue weighted by Gasteiger charge is -2.11. The van der Waals surface area contributed by atoms with Crippen LogP contribution in [0.25, 0.3) is 21.8 Å². The van der Waals surface area contributed by atoms with E-state index in [1.54, 1.807) is 24.3 Å². The van der Waals surface area contributed by atoms with Crippen LogP contribution < -0.4 is 11.5 Å². The molecule has 130 valence electrons. The van der Waals surface area contributed by atoms with Crippen molar-refractivity contribution in [1.82, 2.24) is 19.3 Å². The van der Waals surface area contributed by atoms with Gasteiger partial charge in [-0.1, -0.05) is 12.1 Å². The molecule has 4 N–H and O–H groups in total. The molecule has 10 heteroatoms. The predicted molar refractivity (Wildman–Crippen MR) is 98.3 cm³/mol. The Morgan fingerprint density at radius 1 is 1.08 bits per heavy atom. The number of rotatable bonds is 4. The lowest BCUT2D eigenvalue weighted by molar-refractivity contribution is 0.521. The number of hydrogen-bond donors (Lipinski definition) is 2. The van der Waals surface area contributed by atoms with E-state index in [4.69, 9.17) is 11.5 Å². The molecular formula is C15H16N6O2S2. The second-order valence-corrected chi connectivity index (χ2v) is 8.39. The first-order chi connectivity index (χ1) is 11.8. The molecule has 0 aliphatic heterocycles. The lowest BCUT2D eigenvalue weighted by atomic mass is 10.2. The molecule has 0 saturated heterocycles. The fourth-order valence-corrected chi connectivity index (χ4v) is 3.86. The van der Waals surface area contributed by atoms with Crippen molar-refractivity contribution >= 4 is 33.1 Å². The van der Waals surface area contributed by atoms with Gasteiger partial charge in [0, 0.05) is 31.2 Å². The van der Waals surface area contributed by atoms with Gasteiger partial charge in [0.25, 0.3) is 0 Å². The maximum absolute atomic E-state index is 12.1. The summed E-state index contributed by atoms with van der Waals surface area (Å²) in [5.74, 6) is 0.372. The van der Waals surface area contributed by atoms with Gasteiger partial charge in [0.1, 0.15) is 10.8 Å². The summed E-state index contributed by atoms with van der Waals surface area (Å²) in [7, 11) is -0.463. The number of aromatic nitrogens is 3. The summed E-state index contributed by atoms with van der Waals surface area (Å²) < 4.78 is 25.4. The van der Waals surface area contributed by atoms with E-state index in [2.05, 4.69) is 15.0 Å². The molecule has 25 heavy (non-hydrogen) atoms. The average molecular weight is 376 g/mol. The average Bonchev–Trinajstić information content (AvgIpc) is 3.04. The first-order valence-corrected chi connectivity index (χ1v) is 9.48. The Labute approximate surface area is 149 Å². The van der Waals surface area contributed by atoms with E-state index < -0.39 is 10.0 Å². The predicted octanol–water partition coefficient (Wildman–Crippen LogP) is 1.68. The Morgan fingerprint density at radius 2 is 1.76 bits per heavy atom. The minimum absolute atomic E-state index is 0.107. The summed E-state index contributed by atoms with van der Waals surface area (Å²) in [6, 6.07) is 6.56. The summed E-state index contributed by atoms with van der Waals surface area (Å²) in [6.45, 7) is 0. The normalized spacial score (nSPS) is 11.8. The molecule has 0 bridgehead atoms. The maximum Gasteiger partial charge on any atom is 0.242 e. The molecule has 0 saturated carbocycles. The van der Waals surface area contributed by atoms with Crippen molar-refractivity contribution in [2.75, 3.05) is 25.6 Å². The van der Waals surface area contributed by atoms with E-state index in [9.17, 15) is 8.42 Å². The molecule has 0 aliphatic carbocycles. The third-order valence-electron chi connectivity index (χ3n) is 3.50. The zero-order chi connectivity index (χ0) is 18.2. The minimum atomic E-state index is -3.45. The zero-order valence-corrected chi connectivity index (χ0v) is 15.2. The van der Waals surface area contributed by atoms with Crippen molar-refractivity contribution in [3.8, 4) is 21.8 Å². The summed E-state index contributed by atoms with van der Waals surface area (Å²) in [5.41, 5.74) is 13.5. The SMILES string of the molecule is CN(C)S(=O)(=O)c1ccc(-c2csc(-c3cnc(N)nc3N)n2)cc1. The van der Waals surface area contributed by atoms with Crippen LogP contribution in [0.3, 0.4) is 0 Å². The lowest BCUT2D eigenvalue weighted by Crippen LogP contribution is -2.22. The Bertz CT molecular complexity index is 1010. The highest BCUT2D eigenvalue weighted by atomic mass is 32.2. The van der Waals surface area contributed by atoms with Crippen LogP contribution in [0.15, 0.2) is 40.7 Å². The smallest absolute Gasteiger partial charge is 0.242 e. The molecule has 0 spiro atoms. The molecule has 8 nitrogen and oxygen atoms in total. The summed E-state index contributed by atoms with van der Waals surface area (Å²) in [4.78, 5) is 12.6. The Kier molecular flexibility index (Phi) is 4.41. The summed E-state index contributed by atoms with van der Waals surface area (Å²) in [5, 5.41) is 2.53. The number of anilines is 2. The quantitative estimate of drug-likeness (QED) is 0.709. The highest BCUT2D eigenvalue weighted by Gasteiger charge is 2.17. The van der Waals surface area contributed by atoms with Gasteiger partial charge in [-0.3, -0.25) is 0 Å². The number of thiazole rings is 1. The van der Waals surface area contributed by atoms with Gasteiger partial charge in [-0.05, 0) is 12.1 Å². The third kappa shape index (κ3) is 3.31. The van der Waals surface area contributed by atoms with Gasteiger partial charge in [0.15, 0.2) is 0 Å². The van der Waals surface area contributed by atoms with Crippen molar-refractivity contribution in [2.24, 2.45) is 0 Å². The van der Waals surface area contributed by atoms with Gasteiger partial charge >= 0.3 is 0 Å².